The highest BCUT2D eigenvalue weighted by Gasteiger charge is 2.36. The number of aromatic nitrogens is 2. The van der Waals surface area contributed by atoms with Crippen molar-refractivity contribution in [2.45, 2.75) is 25.9 Å². The summed E-state index contributed by atoms with van der Waals surface area (Å²) in [5.41, 5.74) is 0. The lowest BCUT2D eigenvalue weighted by molar-refractivity contribution is -0.143. The molecule has 0 radical (unpaired) electrons. The van der Waals surface area contributed by atoms with Crippen LogP contribution in [0.2, 0.25) is 0 Å². The van der Waals surface area contributed by atoms with Gasteiger partial charge in [-0.3, -0.25) is 9.69 Å². The summed E-state index contributed by atoms with van der Waals surface area (Å²) in [5, 5.41) is 9.15. The van der Waals surface area contributed by atoms with Crippen molar-refractivity contribution in [2.24, 2.45) is 5.92 Å². The molecule has 1 aromatic heterocycles. The molecular weight excluding hydrogens is 206 g/mol. The molecule has 1 fully saturated rings. The van der Waals surface area contributed by atoms with Gasteiger partial charge in [0.25, 0.3) is 0 Å². The van der Waals surface area contributed by atoms with Gasteiger partial charge >= 0.3 is 5.97 Å². The molecule has 2 rings (SSSR count). The topological polar surface area (TPSA) is 58.4 Å². The van der Waals surface area contributed by atoms with E-state index >= 15 is 0 Å². The van der Waals surface area contributed by atoms with E-state index in [2.05, 4.69) is 4.98 Å². The number of aliphatic carboxylic acids is 1. The molecule has 1 aliphatic heterocycles. The summed E-state index contributed by atoms with van der Waals surface area (Å²) in [6.45, 7) is 4.47. The molecule has 16 heavy (non-hydrogen) atoms. The Morgan fingerprint density at radius 2 is 2.38 bits per heavy atom. The predicted octanol–water partition coefficient (Wildman–Crippen LogP) is 0.678. The Morgan fingerprint density at radius 1 is 1.56 bits per heavy atom. The molecule has 2 atom stereocenters. The first-order valence-electron chi connectivity index (χ1n) is 5.61. The summed E-state index contributed by atoms with van der Waals surface area (Å²) in [6.07, 6.45) is 6.37. The zero-order valence-electron chi connectivity index (χ0n) is 9.41. The van der Waals surface area contributed by atoms with Gasteiger partial charge in [-0.05, 0) is 18.9 Å². The van der Waals surface area contributed by atoms with Crippen LogP contribution in [0, 0.1) is 5.92 Å². The second-order valence-electron chi connectivity index (χ2n) is 4.39. The normalized spacial score (nSPS) is 26.1. The van der Waals surface area contributed by atoms with Gasteiger partial charge in [0.2, 0.25) is 0 Å². The number of hydrogen-bond donors (Lipinski definition) is 1. The lowest BCUT2D eigenvalue weighted by atomic mass is 10.0. The molecule has 2 heterocycles. The zero-order valence-corrected chi connectivity index (χ0v) is 9.41. The van der Waals surface area contributed by atoms with E-state index in [0.717, 1.165) is 26.1 Å². The molecule has 5 nitrogen and oxygen atoms in total. The Kier molecular flexibility index (Phi) is 3.24. The van der Waals surface area contributed by atoms with Crippen LogP contribution < -0.4 is 0 Å². The lowest BCUT2D eigenvalue weighted by Gasteiger charge is -2.22. The van der Waals surface area contributed by atoms with Crippen LogP contribution in [0.15, 0.2) is 18.7 Å². The number of nitrogens with zero attached hydrogens (tertiary/aromatic N) is 3. The summed E-state index contributed by atoms with van der Waals surface area (Å²) >= 11 is 0. The van der Waals surface area contributed by atoms with Gasteiger partial charge in [0.1, 0.15) is 6.04 Å². The number of rotatable bonds is 4. The molecular formula is C11H17N3O2. The average Bonchev–Trinajstić information content (AvgIpc) is 2.83. The summed E-state index contributed by atoms with van der Waals surface area (Å²) in [6, 6.07) is -0.316. The largest absolute Gasteiger partial charge is 0.480 e. The van der Waals surface area contributed by atoms with E-state index in [1.807, 2.05) is 22.6 Å². The molecule has 2 unspecified atom stereocenters. The fourth-order valence-corrected chi connectivity index (χ4v) is 2.34. The smallest absolute Gasteiger partial charge is 0.321 e. The molecule has 1 aliphatic rings. The quantitative estimate of drug-likeness (QED) is 0.815. The second kappa shape index (κ2) is 4.65. The maximum Gasteiger partial charge on any atom is 0.321 e. The van der Waals surface area contributed by atoms with E-state index in [4.69, 9.17) is 5.11 Å². The fraction of sp³-hybridized carbons (Fsp3) is 0.636. The van der Waals surface area contributed by atoms with Gasteiger partial charge in [0.05, 0.1) is 6.33 Å². The highest BCUT2D eigenvalue weighted by molar-refractivity contribution is 5.74. The molecule has 0 aromatic carbocycles. The number of hydrogen-bond acceptors (Lipinski definition) is 3. The lowest BCUT2D eigenvalue weighted by Crippen LogP contribution is -2.40. The Balaban J connectivity index is 1.92. The number of likely N-dealkylation sites (tertiary alicyclic amines) is 1. The third-order valence-corrected chi connectivity index (χ3v) is 3.26. The van der Waals surface area contributed by atoms with Crippen LogP contribution in [0.3, 0.4) is 0 Å². The van der Waals surface area contributed by atoms with Crippen molar-refractivity contribution in [3.05, 3.63) is 18.7 Å². The number of carboxylic acid groups (broad SMARTS) is 1. The number of imidazole rings is 1. The average molecular weight is 223 g/mol. The molecule has 5 heteroatoms. The van der Waals surface area contributed by atoms with Gasteiger partial charge in [-0.1, -0.05) is 6.92 Å². The monoisotopic (exact) mass is 223 g/mol. The van der Waals surface area contributed by atoms with Crippen molar-refractivity contribution in [1.29, 1.82) is 0 Å². The van der Waals surface area contributed by atoms with Crippen LogP contribution in [0.25, 0.3) is 0 Å². The Hall–Kier alpha value is -1.36. The first-order valence-corrected chi connectivity index (χ1v) is 5.61. The van der Waals surface area contributed by atoms with E-state index in [9.17, 15) is 4.79 Å². The summed E-state index contributed by atoms with van der Waals surface area (Å²) in [7, 11) is 0. The van der Waals surface area contributed by atoms with Crippen molar-refractivity contribution in [2.75, 3.05) is 13.1 Å². The van der Waals surface area contributed by atoms with Crippen LogP contribution in [0.4, 0.5) is 0 Å². The predicted molar refractivity (Wildman–Crippen MR) is 59.0 cm³/mol. The van der Waals surface area contributed by atoms with Crippen LogP contribution in [-0.2, 0) is 11.3 Å². The Morgan fingerprint density at radius 3 is 3.00 bits per heavy atom. The molecule has 0 aliphatic carbocycles. The molecule has 1 N–H and O–H groups in total. The van der Waals surface area contributed by atoms with Gasteiger partial charge in [-0.25, -0.2) is 4.98 Å². The van der Waals surface area contributed by atoms with Gasteiger partial charge in [-0.15, -0.1) is 0 Å². The van der Waals surface area contributed by atoms with Crippen molar-refractivity contribution >= 4 is 5.97 Å². The molecule has 88 valence electrons. The second-order valence-corrected chi connectivity index (χ2v) is 4.39. The number of carbonyl (C=O) groups is 1. The molecule has 0 amide bonds. The van der Waals surface area contributed by atoms with Gasteiger partial charge in [0, 0.05) is 25.5 Å². The third-order valence-electron chi connectivity index (χ3n) is 3.26. The van der Waals surface area contributed by atoms with Gasteiger partial charge in [-0.2, -0.15) is 0 Å². The SMILES string of the molecule is CC1CCN(CCn2ccnc2)C1C(=O)O. The highest BCUT2D eigenvalue weighted by atomic mass is 16.4. The molecule has 1 aromatic rings. The zero-order chi connectivity index (χ0) is 11.5. The van der Waals surface area contributed by atoms with Gasteiger partial charge in [0.15, 0.2) is 0 Å². The van der Waals surface area contributed by atoms with E-state index in [0.29, 0.717) is 0 Å². The van der Waals surface area contributed by atoms with Crippen LogP contribution >= 0.6 is 0 Å². The standard InChI is InChI=1S/C11H17N3O2/c1-9-2-4-14(10(9)11(15)16)7-6-13-5-3-12-8-13/h3,5,8-10H,2,4,6-7H2,1H3,(H,15,16). The Labute approximate surface area is 94.7 Å². The molecule has 0 spiro atoms. The van der Waals surface area contributed by atoms with Crippen molar-refractivity contribution in [1.82, 2.24) is 14.5 Å². The van der Waals surface area contributed by atoms with E-state index in [-0.39, 0.29) is 12.0 Å². The van der Waals surface area contributed by atoms with E-state index < -0.39 is 5.97 Å². The van der Waals surface area contributed by atoms with Crippen molar-refractivity contribution < 1.29 is 9.90 Å². The van der Waals surface area contributed by atoms with E-state index in [1.165, 1.54) is 0 Å². The fourth-order valence-electron chi connectivity index (χ4n) is 2.34. The minimum Gasteiger partial charge on any atom is -0.480 e. The number of carboxylic acids is 1. The van der Waals surface area contributed by atoms with Crippen molar-refractivity contribution in [3.8, 4) is 0 Å². The van der Waals surface area contributed by atoms with Crippen LogP contribution in [-0.4, -0.2) is 44.7 Å². The summed E-state index contributed by atoms with van der Waals surface area (Å²) in [4.78, 5) is 17.1. The van der Waals surface area contributed by atoms with Crippen LogP contribution in [0.5, 0.6) is 0 Å². The summed E-state index contributed by atoms with van der Waals surface area (Å²) in [5.74, 6) is -0.448. The third kappa shape index (κ3) is 2.24. The maximum absolute atomic E-state index is 11.1. The summed E-state index contributed by atoms with van der Waals surface area (Å²) < 4.78 is 1.97. The van der Waals surface area contributed by atoms with E-state index in [1.54, 1.807) is 12.5 Å². The minimum absolute atomic E-state index is 0.250. The first kappa shape index (κ1) is 11.1. The molecule has 0 saturated carbocycles. The molecule has 0 bridgehead atoms. The van der Waals surface area contributed by atoms with Crippen molar-refractivity contribution in [3.63, 3.8) is 0 Å². The Bertz CT molecular complexity index is 350. The van der Waals surface area contributed by atoms with Crippen LogP contribution in [0.1, 0.15) is 13.3 Å². The first-order chi connectivity index (χ1) is 7.68. The van der Waals surface area contributed by atoms with Gasteiger partial charge < -0.3 is 9.67 Å². The molecule has 1 saturated heterocycles. The minimum atomic E-state index is -0.698. The maximum atomic E-state index is 11.1. The highest BCUT2D eigenvalue weighted by Crippen LogP contribution is 2.23.